The lowest BCUT2D eigenvalue weighted by Crippen LogP contribution is -2.38. The van der Waals surface area contributed by atoms with E-state index in [4.69, 9.17) is 0 Å². The summed E-state index contributed by atoms with van der Waals surface area (Å²) in [5.74, 6) is -0.339. The molecule has 0 aromatic rings. The molecule has 0 bridgehead atoms. The maximum absolute atomic E-state index is 11.8. The highest BCUT2D eigenvalue weighted by molar-refractivity contribution is 5.97. The van der Waals surface area contributed by atoms with Crippen molar-refractivity contribution in [3.63, 3.8) is 0 Å². The number of nitrogens with one attached hydrogen (secondary N) is 1. The van der Waals surface area contributed by atoms with Crippen molar-refractivity contribution < 1.29 is 9.59 Å². The topological polar surface area (TPSA) is 46.2 Å². The third-order valence-electron chi connectivity index (χ3n) is 3.02. The third kappa shape index (κ3) is 3.05. The zero-order chi connectivity index (χ0) is 11.9. The number of carbonyl (C=O) groups is 2. The Labute approximate surface area is 91.6 Å². The molecule has 0 spiro atoms. The summed E-state index contributed by atoms with van der Waals surface area (Å²) in [4.78, 5) is 23.3. The Morgan fingerprint density at radius 3 is 2.27 bits per heavy atom. The largest absolute Gasteiger partial charge is 0.296 e. The van der Waals surface area contributed by atoms with Crippen LogP contribution in [0.4, 0.5) is 0 Å². The maximum atomic E-state index is 11.8. The SMILES string of the molecule is CC1(C)CC(=O)NC(=O)C(C(C)(C)C)C1. The van der Waals surface area contributed by atoms with Gasteiger partial charge in [0.15, 0.2) is 0 Å². The van der Waals surface area contributed by atoms with Gasteiger partial charge in [0, 0.05) is 12.3 Å². The summed E-state index contributed by atoms with van der Waals surface area (Å²) in [5, 5.41) is 2.48. The lowest BCUT2D eigenvalue weighted by molar-refractivity contribution is -0.133. The number of imide groups is 1. The van der Waals surface area contributed by atoms with E-state index in [0.717, 1.165) is 6.42 Å². The van der Waals surface area contributed by atoms with Gasteiger partial charge in [-0.05, 0) is 17.3 Å². The number of rotatable bonds is 0. The van der Waals surface area contributed by atoms with Crippen LogP contribution in [0, 0.1) is 16.7 Å². The van der Waals surface area contributed by atoms with Gasteiger partial charge in [-0.25, -0.2) is 0 Å². The molecule has 3 heteroatoms. The second-order valence-electron chi connectivity index (χ2n) is 6.38. The normalized spacial score (nSPS) is 27.1. The van der Waals surface area contributed by atoms with Crippen LogP contribution in [0.15, 0.2) is 0 Å². The van der Waals surface area contributed by atoms with Gasteiger partial charge in [0.25, 0.3) is 0 Å². The van der Waals surface area contributed by atoms with E-state index in [0.29, 0.717) is 6.42 Å². The molecule has 2 amide bonds. The fourth-order valence-corrected chi connectivity index (χ4v) is 2.12. The Balaban J connectivity index is 2.97. The van der Waals surface area contributed by atoms with E-state index in [2.05, 4.69) is 5.32 Å². The predicted molar refractivity (Wildman–Crippen MR) is 59.1 cm³/mol. The fourth-order valence-electron chi connectivity index (χ4n) is 2.12. The van der Waals surface area contributed by atoms with Gasteiger partial charge in [0.1, 0.15) is 0 Å². The molecule has 1 rings (SSSR count). The van der Waals surface area contributed by atoms with Crippen LogP contribution >= 0.6 is 0 Å². The van der Waals surface area contributed by atoms with Gasteiger partial charge in [-0.2, -0.15) is 0 Å². The van der Waals surface area contributed by atoms with Crippen LogP contribution in [-0.2, 0) is 9.59 Å². The molecule has 1 atom stereocenters. The van der Waals surface area contributed by atoms with Crippen LogP contribution in [0.3, 0.4) is 0 Å². The molecule has 0 saturated carbocycles. The molecule has 1 saturated heterocycles. The lowest BCUT2D eigenvalue weighted by atomic mass is 9.71. The average molecular weight is 211 g/mol. The molecule has 1 aliphatic heterocycles. The third-order valence-corrected chi connectivity index (χ3v) is 3.02. The number of hydrogen-bond donors (Lipinski definition) is 1. The van der Waals surface area contributed by atoms with Crippen molar-refractivity contribution in [3.8, 4) is 0 Å². The van der Waals surface area contributed by atoms with Gasteiger partial charge in [0.05, 0.1) is 0 Å². The van der Waals surface area contributed by atoms with E-state index in [1.165, 1.54) is 0 Å². The first-order valence-corrected chi connectivity index (χ1v) is 5.45. The molecular weight excluding hydrogens is 190 g/mol. The van der Waals surface area contributed by atoms with Crippen molar-refractivity contribution in [1.82, 2.24) is 5.32 Å². The van der Waals surface area contributed by atoms with Crippen molar-refractivity contribution >= 4 is 11.8 Å². The van der Waals surface area contributed by atoms with Crippen LogP contribution in [0.5, 0.6) is 0 Å². The summed E-state index contributed by atoms with van der Waals surface area (Å²) in [7, 11) is 0. The summed E-state index contributed by atoms with van der Waals surface area (Å²) < 4.78 is 0. The zero-order valence-electron chi connectivity index (χ0n) is 10.3. The molecule has 0 aliphatic carbocycles. The molecule has 0 aromatic heterocycles. The summed E-state index contributed by atoms with van der Waals surface area (Å²) in [5.41, 5.74) is -0.180. The minimum Gasteiger partial charge on any atom is -0.296 e. The van der Waals surface area contributed by atoms with Crippen molar-refractivity contribution in [2.75, 3.05) is 0 Å². The van der Waals surface area contributed by atoms with Gasteiger partial charge in [-0.15, -0.1) is 0 Å². The van der Waals surface area contributed by atoms with E-state index < -0.39 is 0 Å². The number of hydrogen-bond acceptors (Lipinski definition) is 2. The molecule has 86 valence electrons. The van der Waals surface area contributed by atoms with Gasteiger partial charge >= 0.3 is 0 Å². The van der Waals surface area contributed by atoms with E-state index in [-0.39, 0.29) is 28.6 Å². The summed E-state index contributed by atoms with van der Waals surface area (Å²) in [6.07, 6.45) is 1.21. The van der Waals surface area contributed by atoms with Crippen LogP contribution in [0.25, 0.3) is 0 Å². The van der Waals surface area contributed by atoms with Crippen LogP contribution in [-0.4, -0.2) is 11.8 Å². The Morgan fingerprint density at radius 2 is 1.80 bits per heavy atom. The molecule has 1 unspecified atom stereocenters. The Morgan fingerprint density at radius 1 is 1.27 bits per heavy atom. The second kappa shape index (κ2) is 3.62. The molecule has 1 fully saturated rings. The first-order valence-electron chi connectivity index (χ1n) is 5.45. The highest BCUT2D eigenvalue weighted by atomic mass is 16.2. The van der Waals surface area contributed by atoms with Gasteiger partial charge in [0.2, 0.25) is 11.8 Å². The Kier molecular flexibility index (Phi) is 2.94. The molecule has 3 nitrogen and oxygen atoms in total. The van der Waals surface area contributed by atoms with Gasteiger partial charge < -0.3 is 0 Å². The number of amides is 2. The predicted octanol–water partition coefficient (Wildman–Crippen LogP) is 2.11. The first-order chi connectivity index (χ1) is 6.62. The van der Waals surface area contributed by atoms with Crippen LogP contribution in [0.2, 0.25) is 0 Å². The molecular formula is C12H21NO2. The average Bonchev–Trinajstić information content (AvgIpc) is 2.04. The smallest absolute Gasteiger partial charge is 0.230 e. The van der Waals surface area contributed by atoms with E-state index in [1.54, 1.807) is 0 Å². The molecule has 1 aliphatic rings. The van der Waals surface area contributed by atoms with Crippen molar-refractivity contribution in [3.05, 3.63) is 0 Å². The molecule has 1 heterocycles. The Hall–Kier alpha value is -0.860. The van der Waals surface area contributed by atoms with Gasteiger partial charge in [-0.1, -0.05) is 34.6 Å². The van der Waals surface area contributed by atoms with E-state index in [1.807, 2.05) is 34.6 Å². The van der Waals surface area contributed by atoms with Gasteiger partial charge in [-0.3, -0.25) is 14.9 Å². The zero-order valence-corrected chi connectivity index (χ0v) is 10.3. The number of carbonyl (C=O) groups excluding carboxylic acids is 2. The minimum absolute atomic E-state index is 0.0843. The molecule has 0 aromatic carbocycles. The van der Waals surface area contributed by atoms with Crippen LogP contribution in [0.1, 0.15) is 47.5 Å². The maximum Gasteiger partial charge on any atom is 0.230 e. The Bertz CT molecular complexity index is 286. The summed E-state index contributed by atoms with van der Waals surface area (Å²) >= 11 is 0. The standard InChI is InChI=1S/C12H21NO2/c1-11(2,3)8-6-12(4,5)7-9(14)13-10(8)15/h8H,6-7H2,1-5H3,(H,13,14,15). The fraction of sp³-hybridized carbons (Fsp3) is 0.833. The van der Waals surface area contributed by atoms with Crippen molar-refractivity contribution in [1.29, 1.82) is 0 Å². The van der Waals surface area contributed by atoms with E-state index in [9.17, 15) is 9.59 Å². The second-order valence-corrected chi connectivity index (χ2v) is 6.38. The van der Waals surface area contributed by atoms with Crippen LogP contribution < -0.4 is 5.32 Å². The summed E-state index contributed by atoms with van der Waals surface area (Å²) in [6, 6.07) is 0. The van der Waals surface area contributed by atoms with Crippen molar-refractivity contribution in [2.45, 2.75) is 47.5 Å². The highest BCUT2D eigenvalue weighted by Gasteiger charge is 2.40. The quantitative estimate of drug-likeness (QED) is 0.624. The molecule has 15 heavy (non-hydrogen) atoms. The minimum atomic E-state index is -0.142. The highest BCUT2D eigenvalue weighted by Crippen LogP contribution is 2.39. The lowest BCUT2D eigenvalue weighted by Gasteiger charge is -2.32. The molecule has 1 N–H and O–H groups in total. The summed E-state index contributed by atoms with van der Waals surface area (Å²) in [6.45, 7) is 10.2. The van der Waals surface area contributed by atoms with E-state index >= 15 is 0 Å². The first kappa shape index (κ1) is 12.2. The molecule has 0 radical (unpaired) electrons. The van der Waals surface area contributed by atoms with Crippen molar-refractivity contribution in [2.24, 2.45) is 16.7 Å². The monoisotopic (exact) mass is 211 g/mol.